The fourth-order valence-corrected chi connectivity index (χ4v) is 4.65. The molecule has 6 heteroatoms. The molecule has 1 unspecified atom stereocenters. The fraction of sp³-hybridized carbons (Fsp3) is 0.391. The molecule has 1 amide bonds. The second-order valence-corrected chi connectivity index (χ2v) is 8.19. The van der Waals surface area contributed by atoms with Crippen LogP contribution in [0.1, 0.15) is 42.4 Å². The maximum atomic E-state index is 12.9. The molecule has 2 aliphatic rings. The highest BCUT2D eigenvalue weighted by atomic mass is 35.5. The Morgan fingerprint density at radius 2 is 2.00 bits per heavy atom. The molecule has 1 aliphatic heterocycles. The number of hydrogen-bond acceptors (Lipinski definition) is 4. The molecule has 0 saturated heterocycles. The molecular weight excluding hydrogens is 388 g/mol. The van der Waals surface area contributed by atoms with Crippen molar-refractivity contribution in [1.29, 1.82) is 0 Å². The van der Waals surface area contributed by atoms with Crippen molar-refractivity contribution < 1.29 is 14.3 Å². The molecule has 1 heterocycles. The molecule has 152 valence electrons. The number of fused-ring (bicyclic) bond motifs is 2. The predicted octanol–water partition coefficient (Wildman–Crippen LogP) is 3.84. The minimum Gasteiger partial charge on any atom is -0.466 e. The number of anilines is 1. The molecule has 0 spiro atoms. The van der Waals surface area contributed by atoms with Crippen LogP contribution in [0.2, 0.25) is 5.02 Å². The lowest BCUT2D eigenvalue weighted by Gasteiger charge is -2.32. The standard InChI is InChI=1S/C23H25ClN2O3/c1-2-29-22(27)13-15-11-18(10-14-5-3-4-6-19(14)15)25-23(28)21-12-16-9-17(24)7-8-20(16)26-21/h3-9,15,18,21,26H,2,10-13H2,1H3,(H,25,28)/t15-,18+,21?/m1/s1. The molecular formula is C23H25ClN2O3. The van der Waals surface area contributed by atoms with Crippen molar-refractivity contribution in [2.24, 2.45) is 0 Å². The first kappa shape index (κ1) is 19.8. The summed E-state index contributed by atoms with van der Waals surface area (Å²) in [5, 5.41) is 7.16. The lowest BCUT2D eigenvalue weighted by Crippen LogP contribution is -2.46. The highest BCUT2D eigenvalue weighted by Crippen LogP contribution is 2.35. The zero-order valence-corrected chi connectivity index (χ0v) is 17.2. The molecule has 0 radical (unpaired) electrons. The lowest BCUT2D eigenvalue weighted by molar-refractivity contribution is -0.143. The van der Waals surface area contributed by atoms with Gasteiger partial charge in [-0.2, -0.15) is 0 Å². The molecule has 1 aliphatic carbocycles. The van der Waals surface area contributed by atoms with E-state index in [1.165, 1.54) is 11.1 Å². The van der Waals surface area contributed by atoms with Crippen LogP contribution in [0.25, 0.3) is 0 Å². The number of nitrogens with one attached hydrogen (secondary N) is 2. The van der Waals surface area contributed by atoms with E-state index in [0.29, 0.717) is 24.5 Å². The van der Waals surface area contributed by atoms with Crippen LogP contribution in [0, 0.1) is 0 Å². The van der Waals surface area contributed by atoms with E-state index in [-0.39, 0.29) is 29.9 Å². The van der Waals surface area contributed by atoms with Crippen molar-refractivity contribution >= 4 is 29.2 Å². The largest absolute Gasteiger partial charge is 0.466 e. The minimum atomic E-state index is -0.302. The van der Waals surface area contributed by atoms with Gasteiger partial charge >= 0.3 is 5.97 Å². The molecule has 0 aromatic heterocycles. The summed E-state index contributed by atoms with van der Waals surface area (Å²) in [5.41, 5.74) is 4.40. The highest BCUT2D eigenvalue weighted by molar-refractivity contribution is 6.30. The van der Waals surface area contributed by atoms with E-state index in [4.69, 9.17) is 16.3 Å². The minimum absolute atomic E-state index is 0.00840. The molecule has 2 aromatic carbocycles. The monoisotopic (exact) mass is 412 g/mol. The molecule has 0 fully saturated rings. The van der Waals surface area contributed by atoms with E-state index < -0.39 is 0 Å². The number of amides is 1. The van der Waals surface area contributed by atoms with Crippen LogP contribution in [0.4, 0.5) is 5.69 Å². The average Bonchev–Trinajstić information content (AvgIpc) is 3.11. The number of rotatable bonds is 5. The van der Waals surface area contributed by atoms with Crippen LogP contribution in [0.15, 0.2) is 42.5 Å². The molecule has 2 aromatic rings. The number of halogens is 1. The van der Waals surface area contributed by atoms with Gasteiger partial charge < -0.3 is 15.4 Å². The Labute approximate surface area is 175 Å². The van der Waals surface area contributed by atoms with E-state index in [0.717, 1.165) is 24.1 Å². The van der Waals surface area contributed by atoms with Gasteiger partial charge in [0, 0.05) is 23.2 Å². The predicted molar refractivity (Wildman–Crippen MR) is 113 cm³/mol. The first-order chi connectivity index (χ1) is 14.0. The Morgan fingerprint density at radius 1 is 1.17 bits per heavy atom. The highest BCUT2D eigenvalue weighted by Gasteiger charge is 2.32. The second-order valence-electron chi connectivity index (χ2n) is 7.75. The van der Waals surface area contributed by atoms with Gasteiger partial charge in [-0.15, -0.1) is 0 Å². The van der Waals surface area contributed by atoms with E-state index in [1.54, 1.807) is 0 Å². The Balaban J connectivity index is 1.44. The smallest absolute Gasteiger partial charge is 0.306 e. The number of carbonyl (C=O) groups excluding carboxylic acids is 2. The Morgan fingerprint density at radius 3 is 2.83 bits per heavy atom. The number of hydrogen-bond donors (Lipinski definition) is 2. The molecule has 0 saturated carbocycles. The molecule has 4 rings (SSSR count). The molecule has 29 heavy (non-hydrogen) atoms. The van der Waals surface area contributed by atoms with Gasteiger partial charge in [0.05, 0.1) is 13.0 Å². The van der Waals surface area contributed by atoms with Gasteiger partial charge in [0.15, 0.2) is 0 Å². The summed E-state index contributed by atoms with van der Waals surface area (Å²) in [6.07, 6.45) is 2.46. The normalized spacial score (nSPS) is 22.2. The first-order valence-electron chi connectivity index (χ1n) is 10.1. The van der Waals surface area contributed by atoms with Gasteiger partial charge in [-0.3, -0.25) is 9.59 Å². The zero-order valence-electron chi connectivity index (χ0n) is 16.4. The number of carbonyl (C=O) groups is 2. The van der Waals surface area contributed by atoms with Gasteiger partial charge in [0.2, 0.25) is 5.91 Å². The van der Waals surface area contributed by atoms with Crippen LogP contribution < -0.4 is 10.6 Å². The first-order valence-corrected chi connectivity index (χ1v) is 10.5. The third-order valence-electron chi connectivity index (χ3n) is 5.73. The van der Waals surface area contributed by atoms with Crippen molar-refractivity contribution in [3.05, 3.63) is 64.2 Å². The summed E-state index contributed by atoms with van der Waals surface area (Å²) < 4.78 is 5.16. The average molecular weight is 413 g/mol. The number of benzene rings is 2. The topological polar surface area (TPSA) is 67.4 Å². The van der Waals surface area contributed by atoms with Gasteiger partial charge in [-0.1, -0.05) is 35.9 Å². The van der Waals surface area contributed by atoms with Gasteiger partial charge in [0.25, 0.3) is 0 Å². The van der Waals surface area contributed by atoms with Crippen molar-refractivity contribution in [1.82, 2.24) is 5.32 Å². The number of esters is 1. The quantitative estimate of drug-likeness (QED) is 0.732. The van der Waals surface area contributed by atoms with Crippen molar-refractivity contribution in [2.45, 2.75) is 50.6 Å². The Bertz CT molecular complexity index is 930. The van der Waals surface area contributed by atoms with E-state index in [2.05, 4.69) is 22.8 Å². The Hall–Kier alpha value is -2.53. The maximum absolute atomic E-state index is 12.9. The van der Waals surface area contributed by atoms with Crippen molar-refractivity contribution in [2.75, 3.05) is 11.9 Å². The molecule has 5 nitrogen and oxygen atoms in total. The summed E-state index contributed by atoms with van der Waals surface area (Å²) in [6, 6.07) is 13.5. The van der Waals surface area contributed by atoms with Crippen LogP contribution in [-0.4, -0.2) is 30.6 Å². The maximum Gasteiger partial charge on any atom is 0.306 e. The second kappa shape index (κ2) is 8.46. The summed E-state index contributed by atoms with van der Waals surface area (Å²) in [6.45, 7) is 2.20. The van der Waals surface area contributed by atoms with Crippen molar-refractivity contribution in [3.8, 4) is 0 Å². The zero-order chi connectivity index (χ0) is 20.4. The van der Waals surface area contributed by atoms with E-state index >= 15 is 0 Å². The summed E-state index contributed by atoms with van der Waals surface area (Å²) in [4.78, 5) is 25.0. The lowest BCUT2D eigenvalue weighted by atomic mass is 9.78. The van der Waals surface area contributed by atoms with Crippen LogP contribution in [-0.2, 0) is 27.2 Å². The summed E-state index contributed by atoms with van der Waals surface area (Å²) in [7, 11) is 0. The fourth-order valence-electron chi connectivity index (χ4n) is 4.45. The summed E-state index contributed by atoms with van der Waals surface area (Å²) in [5.74, 6) is -0.155. The third kappa shape index (κ3) is 4.40. The van der Waals surface area contributed by atoms with Gasteiger partial charge in [-0.25, -0.2) is 0 Å². The number of ether oxygens (including phenoxy) is 1. The summed E-state index contributed by atoms with van der Waals surface area (Å²) >= 11 is 6.07. The van der Waals surface area contributed by atoms with Crippen molar-refractivity contribution in [3.63, 3.8) is 0 Å². The van der Waals surface area contributed by atoms with Gasteiger partial charge in [-0.05, 0) is 60.6 Å². The van der Waals surface area contributed by atoms with Crippen LogP contribution in [0.3, 0.4) is 0 Å². The van der Waals surface area contributed by atoms with Crippen LogP contribution >= 0.6 is 11.6 Å². The van der Waals surface area contributed by atoms with E-state index in [1.807, 2.05) is 37.3 Å². The SMILES string of the molecule is CCOC(=O)C[C@H]1C[C@@H](NC(=O)C2Cc3cc(Cl)ccc3N2)Cc2ccccc21. The molecule has 0 bridgehead atoms. The third-order valence-corrected chi connectivity index (χ3v) is 5.97. The molecule has 3 atom stereocenters. The van der Waals surface area contributed by atoms with Crippen LogP contribution in [0.5, 0.6) is 0 Å². The van der Waals surface area contributed by atoms with E-state index in [9.17, 15) is 9.59 Å². The Kier molecular flexibility index (Phi) is 5.76. The molecule has 2 N–H and O–H groups in total. The van der Waals surface area contributed by atoms with Gasteiger partial charge in [0.1, 0.15) is 6.04 Å².